The zero-order valence-corrected chi connectivity index (χ0v) is 6.83. The molecule has 5 nitrogen and oxygen atoms in total. The van der Waals surface area contributed by atoms with E-state index in [9.17, 15) is 9.59 Å². The highest BCUT2D eigenvalue weighted by Crippen LogP contribution is 2.09. The van der Waals surface area contributed by atoms with Gasteiger partial charge in [0.15, 0.2) is 17.0 Å². The van der Waals surface area contributed by atoms with Crippen LogP contribution in [-0.2, 0) is 0 Å². The Morgan fingerprint density at radius 3 is 3.08 bits per heavy atom. The molecule has 2 aromatic rings. The Morgan fingerprint density at radius 1 is 1.62 bits per heavy atom. The van der Waals surface area contributed by atoms with Gasteiger partial charge in [-0.1, -0.05) is 0 Å². The summed E-state index contributed by atoms with van der Waals surface area (Å²) in [5, 5.41) is 0. The monoisotopic (exact) mass is 178 g/mol. The maximum atomic E-state index is 10.9. The Balaban J connectivity index is 2.74. The van der Waals surface area contributed by atoms with E-state index in [1.807, 2.05) is 0 Å². The first-order valence-corrected chi connectivity index (χ1v) is 3.66. The van der Waals surface area contributed by atoms with Crippen LogP contribution < -0.4 is 5.76 Å². The van der Waals surface area contributed by atoms with Gasteiger partial charge in [-0.15, -0.1) is 0 Å². The van der Waals surface area contributed by atoms with Crippen molar-refractivity contribution in [2.45, 2.75) is 6.92 Å². The number of rotatable bonds is 1. The van der Waals surface area contributed by atoms with E-state index in [1.54, 1.807) is 0 Å². The third-order valence-corrected chi connectivity index (χ3v) is 1.68. The Labute approximate surface area is 72.4 Å². The van der Waals surface area contributed by atoms with Gasteiger partial charge >= 0.3 is 5.76 Å². The third kappa shape index (κ3) is 1.24. The number of fused-ring (bicyclic) bond motifs is 1. The van der Waals surface area contributed by atoms with Gasteiger partial charge < -0.3 is 4.42 Å². The highest BCUT2D eigenvalue weighted by atomic mass is 16.4. The lowest BCUT2D eigenvalue weighted by atomic mass is 10.2. The van der Waals surface area contributed by atoms with E-state index in [1.165, 1.54) is 19.2 Å². The summed E-state index contributed by atoms with van der Waals surface area (Å²) in [4.78, 5) is 27.9. The van der Waals surface area contributed by atoms with Gasteiger partial charge in [0, 0.05) is 11.8 Å². The molecule has 2 heterocycles. The number of nitrogens with one attached hydrogen (secondary N) is 1. The lowest BCUT2D eigenvalue weighted by Gasteiger charge is -1.91. The van der Waals surface area contributed by atoms with Crippen molar-refractivity contribution in [1.82, 2.24) is 9.97 Å². The minimum absolute atomic E-state index is 0.113. The number of pyridine rings is 1. The van der Waals surface area contributed by atoms with E-state index >= 15 is 0 Å². The van der Waals surface area contributed by atoms with Crippen LogP contribution in [0.15, 0.2) is 21.5 Å². The number of hydrogen-bond acceptors (Lipinski definition) is 4. The number of oxazole rings is 1. The number of aromatic nitrogens is 2. The van der Waals surface area contributed by atoms with E-state index in [0.29, 0.717) is 16.8 Å². The fraction of sp³-hybridized carbons (Fsp3) is 0.125. The van der Waals surface area contributed by atoms with E-state index in [-0.39, 0.29) is 5.78 Å². The number of carbonyl (C=O) groups is 1. The zero-order chi connectivity index (χ0) is 9.42. The summed E-state index contributed by atoms with van der Waals surface area (Å²) >= 11 is 0. The molecule has 0 aliphatic heterocycles. The second kappa shape index (κ2) is 2.55. The van der Waals surface area contributed by atoms with Crippen molar-refractivity contribution in [3.63, 3.8) is 0 Å². The fourth-order valence-corrected chi connectivity index (χ4v) is 1.03. The SMILES string of the molecule is CC(=O)c1cnc2[nH]c(=O)oc2c1. The summed E-state index contributed by atoms with van der Waals surface area (Å²) in [7, 11) is 0. The molecule has 2 rings (SSSR count). The van der Waals surface area contributed by atoms with Crippen molar-refractivity contribution in [1.29, 1.82) is 0 Å². The first-order chi connectivity index (χ1) is 6.16. The van der Waals surface area contributed by atoms with Crippen molar-refractivity contribution in [3.8, 4) is 0 Å². The summed E-state index contributed by atoms with van der Waals surface area (Å²) in [5.74, 6) is -0.679. The van der Waals surface area contributed by atoms with E-state index in [2.05, 4.69) is 9.97 Å². The van der Waals surface area contributed by atoms with Crippen LogP contribution in [0.1, 0.15) is 17.3 Å². The van der Waals surface area contributed by atoms with Gasteiger partial charge in [0.2, 0.25) is 0 Å². The van der Waals surface area contributed by atoms with Gasteiger partial charge in [-0.05, 0) is 13.0 Å². The second-order valence-electron chi connectivity index (χ2n) is 2.64. The van der Waals surface area contributed by atoms with Gasteiger partial charge in [-0.2, -0.15) is 0 Å². The maximum absolute atomic E-state index is 10.9. The molecule has 2 aromatic heterocycles. The molecule has 0 fully saturated rings. The molecular formula is C8H6N2O3. The van der Waals surface area contributed by atoms with Crippen LogP contribution in [0.5, 0.6) is 0 Å². The van der Waals surface area contributed by atoms with Crippen molar-refractivity contribution in [3.05, 3.63) is 28.4 Å². The molecule has 0 aromatic carbocycles. The third-order valence-electron chi connectivity index (χ3n) is 1.68. The number of carbonyl (C=O) groups excluding carboxylic acids is 1. The summed E-state index contributed by atoms with van der Waals surface area (Å²) in [5.41, 5.74) is 1.09. The molecule has 0 unspecified atom stereocenters. The average Bonchev–Trinajstić information content (AvgIpc) is 2.42. The average molecular weight is 178 g/mol. The molecule has 0 saturated carbocycles. The number of aromatic amines is 1. The topological polar surface area (TPSA) is 76.0 Å². The number of nitrogens with zero attached hydrogens (tertiary/aromatic N) is 1. The minimum Gasteiger partial charge on any atom is -0.406 e. The van der Waals surface area contributed by atoms with Crippen molar-refractivity contribution < 1.29 is 9.21 Å². The summed E-state index contributed by atoms with van der Waals surface area (Å²) in [6, 6.07) is 1.49. The van der Waals surface area contributed by atoms with Crippen LogP contribution in [0.25, 0.3) is 11.2 Å². The number of H-pyrrole nitrogens is 1. The first kappa shape index (κ1) is 7.72. The predicted octanol–water partition coefficient (Wildman–Crippen LogP) is 0.719. The van der Waals surface area contributed by atoms with Crippen LogP contribution >= 0.6 is 0 Å². The second-order valence-corrected chi connectivity index (χ2v) is 2.64. The van der Waals surface area contributed by atoms with Crippen LogP contribution in [0, 0.1) is 0 Å². The first-order valence-electron chi connectivity index (χ1n) is 3.66. The maximum Gasteiger partial charge on any atom is 0.418 e. The normalized spacial score (nSPS) is 10.5. The Hall–Kier alpha value is -1.91. The van der Waals surface area contributed by atoms with Crippen LogP contribution in [-0.4, -0.2) is 15.8 Å². The molecule has 0 aliphatic carbocycles. The van der Waals surface area contributed by atoms with Crippen LogP contribution in [0.4, 0.5) is 0 Å². The summed E-state index contributed by atoms with van der Waals surface area (Å²) in [6.07, 6.45) is 1.40. The molecule has 0 atom stereocenters. The molecule has 0 bridgehead atoms. The molecule has 0 radical (unpaired) electrons. The molecule has 5 heteroatoms. The fourth-order valence-electron chi connectivity index (χ4n) is 1.03. The highest BCUT2D eigenvalue weighted by Gasteiger charge is 2.05. The van der Waals surface area contributed by atoms with Crippen molar-refractivity contribution >= 4 is 17.0 Å². The standard InChI is InChI=1S/C8H6N2O3/c1-4(11)5-2-6-7(9-3-5)10-8(12)13-6/h2-3H,1H3,(H,9,10,12). The highest BCUT2D eigenvalue weighted by molar-refractivity contribution is 5.95. The number of Topliss-reactive ketones (excluding diaryl/α,β-unsaturated/α-hetero) is 1. The van der Waals surface area contributed by atoms with Gasteiger partial charge in [0.25, 0.3) is 0 Å². The van der Waals surface area contributed by atoms with Crippen molar-refractivity contribution in [2.24, 2.45) is 0 Å². The quantitative estimate of drug-likeness (QED) is 0.652. The van der Waals surface area contributed by atoms with Gasteiger partial charge in [-0.25, -0.2) is 9.78 Å². The van der Waals surface area contributed by atoms with E-state index in [0.717, 1.165) is 0 Å². The van der Waals surface area contributed by atoms with E-state index < -0.39 is 5.76 Å². The number of hydrogen-bond donors (Lipinski definition) is 1. The lowest BCUT2D eigenvalue weighted by molar-refractivity contribution is 0.101. The Kier molecular flexibility index (Phi) is 1.51. The molecule has 0 saturated heterocycles. The predicted molar refractivity (Wildman–Crippen MR) is 44.6 cm³/mol. The van der Waals surface area contributed by atoms with Crippen LogP contribution in [0.2, 0.25) is 0 Å². The molecule has 0 amide bonds. The van der Waals surface area contributed by atoms with Gasteiger partial charge in [-0.3, -0.25) is 9.78 Å². The summed E-state index contributed by atoms with van der Waals surface area (Å²) < 4.78 is 4.73. The molecule has 66 valence electrons. The minimum atomic E-state index is -0.566. The smallest absolute Gasteiger partial charge is 0.406 e. The molecule has 0 aliphatic rings. The molecular weight excluding hydrogens is 172 g/mol. The molecule has 1 N–H and O–H groups in total. The van der Waals surface area contributed by atoms with Gasteiger partial charge in [0.1, 0.15) is 0 Å². The molecule has 0 spiro atoms. The Morgan fingerprint density at radius 2 is 2.38 bits per heavy atom. The van der Waals surface area contributed by atoms with E-state index in [4.69, 9.17) is 4.42 Å². The van der Waals surface area contributed by atoms with Crippen LogP contribution in [0.3, 0.4) is 0 Å². The van der Waals surface area contributed by atoms with Gasteiger partial charge in [0.05, 0.1) is 0 Å². The lowest BCUT2D eigenvalue weighted by Crippen LogP contribution is -1.94. The number of ketones is 1. The molecule has 13 heavy (non-hydrogen) atoms. The Bertz CT molecular complexity index is 523. The largest absolute Gasteiger partial charge is 0.418 e. The zero-order valence-electron chi connectivity index (χ0n) is 6.83. The summed E-state index contributed by atoms with van der Waals surface area (Å²) in [6.45, 7) is 1.42. The van der Waals surface area contributed by atoms with Crippen molar-refractivity contribution in [2.75, 3.05) is 0 Å².